The summed E-state index contributed by atoms with van der Waals surface area (Å²) >= 11 is 0. The Morgan fingerprint density at radius 3 is 2.57 bits per heavy atom. The average molecular weight is 319 g/mol. The van der Waals surface area contributed by atoms with E-state index in [0.29, 0.717) is 0 Å². The number of nitrogens with one attached hydrogen (secondary N) is 1. The SMILES string of the molecule is Cc1cccc(C(C)C)c1NC(=O)COc1ccc(F)c(F)c1. The van der Waals surface area contributed by atoms with Gasteiger partial charge in [-0.1, -0.05) is 32.0 Å². The summed E-state index contributed by atoms with van der Waals surface area (Å²) < 4.78 is 31.1. The van der Waals surface area contributed by atoms with Crippen LogP contribution in [0, 0.1) is 18.6 Å². The summed E-state index contributed by atoms with van der Waals surface area (Å²) in [5, 5.41) is 2.82. The first-order valence-corrected chi connectivity index (χ1v) is 7.35. The van der Waals surface area contributed by atoms with Crippen molar-refractivity contribution in [2.45, 2.75) is 26.7 Å². The van der Waals surface area contributed by atoms with Gasteiger partial charge in [0.2, 0.25) is 0 Å². The molecule has 0 heterocycles. The molecule has 5 heteroatoms. The van der Waals surface area contributed by atoms with Crippen molar-refractivity contribution in [1.82, 2.24) is 0 Å². The molecule has 2 aromatic rings. The molecule has 0 saturated carbocycles. The molecule has 1 amide bonds. The van der Waals surface area contributed by atoms with E-state index < -0.39 is 11.6 Å². The molecular weight excluding hydrogens is 300 g/mol. The molecule has 122 valence electrons. The van der Waals surface area contributed by atoms with Gasteiger partial charge in [-0.15, -0.1) is 0 Å². The summed E-state index contributed by atoms with van der Waals surface area (Å²) in [6.45, 7) is 5.72. The predicted molar refractivity (Wildman–Crippen MR) is 85.8 cm³/mol. The fourth-order valence-corrected chi connectivity index (χ4v) is 2.23. The number of carbonyl (C=O) groups is 1. The van der Waals surface area contributed by atoms with E-state index in [9.17, 15) is 13.6 Å². The zero-order chi connectivity index (χ0) is 17.0. The number of hydrogen-bond donors (Lipinski definition) is 1. The van der Waals surface area contributed by atoms with E-state index in [1.54, 1.807) is 0 Å². The second-order valence-corrected chi connectivity index (χ2v) is 5.61. The third-order valence-electron chi connectivity index (χ3n) is 3.45. The molecule has 1 N–H and O–H groups in total. The largest absolute Gasteiger partial charge is 0.484 e. The number of carbonyl (C=O) groups excluding carboxylic acids is 1. The van der Waals surface area contributed by atoms with E-state index in [2.05, 4.69) is 5.32 Å². The van der Waals surface area contributed by atoms with E-state index in [-0.39, 0.29) is 24.2 Å². The number of hydrogen-bond acceptors (Lipinski definition) is 2. The van der Waals surface area contributed by atoms with Crippen LogP contribution in [0.25, 0.3) is 0 Å². The van der Waals surface area contributed by atoms with Crippen molar-refractivity contribution in [3.63, 3.8) is 0 Å². The van der Waals surface area contributed by atoms with E-state index >= 15 is 0 Å². The molecule has 0 saturated heterocycles. The van der Waals surface area contributed by atoms with Crippen LogP contribution in [0.3, 0.4) is 0 Å². The zero-order valence-electron chi connectivity index (χ0n) is 13.3. The molecule has 0 aliphatic rings. The summed E-state index contributed by atoms with van der Waals surface area (Å²) in [6.07, 6.45) is 0. The van der Waals surface area contributed by atoms with E-state index in [0.717, 1.165) is 28.9 Å². The fourth-order valence-electron chi connectivity index (χ4n) is 2.23. The number of aryl methyl sites for hydroxylation is 1. The summed E-state index contributed by atoms with van der Waals surface area (Å²) in [6, 6.07) is 8.97. The van der Waals surface area contributed by atoms with Crippen molar-refractivity contribution in [3.05, 3.63) is 59.2 Å². The van der Waals surface area contributed by atoms with Crippen molar-refractivity contribution in [2.75, 3.05) is 11.9 Å². The van der Waals surface area contributed by atoms with Gasteiger partial charge in [0.1, 0.15) is 5.75 Å². The van der Waals surface area contributed by atoms with Gasteiger partial charge in [-0.2, -0.15) is 0 Å². The van der Waals surface area contributed by atoms with Gasteiger partial charge in [-0.25, -0.2) is 8.78 Å². The first-order valence-electron chi connectivity index (χ1n) is 7.35. The molecule has 0 aliphatic heterocycles. The van der Waals surface area contributed by atoms with Crippen LogP contribution in [0.2, 0.25) is 0 Å². The number of benzene rings is 2. The molecule has 0 bridgehead atoms. The highest BCUT2D eigenvalue weighted by molar-refractivity contribution is 5.93. The second-order valence-electron chi connectivity index (χ2n) is 5.61. The molecule has 0 unspecified atom stereocenters. The maximum Gasteiger partial charge on any atom is 0.262 e. The molecule has 0 fully saturated rings. The van der Waals surface area contributed by atoms with Gasteiger partial charge >= 0.3 is 0 Å². The van der Waals surface area contributed by atoms with Crippen LogP contribution in [-0.2, 0) is 4.79 Å². The lowest BCUT2D eigenvalue weighted by atomic mass is 9.98. The highest BCUT2D eigenvalue weighted by atomic mass is 19.2. The molecular formula is C18H19F2NO2. The molecule has 0 atom stereocenters. The van der Waals surface area contributed by atoms with Crippen LogP contribution in [0.5, 0.6) is 5.75 Å². The van der Waals surface area contributed by atoms with Gasteiger partial charge in [-0.05, 0) is 36.1 Å². The Balaban J connectivity index is 2.04. The molecule has 0 spiro atoms. The van der Waals surface area contributed by atoms with E-state index in [1.807, 2.05) is 39.0 Å². The molecule has 23 heavy (non-hydrogen) atoms. The second kappa shape index (κ2) is 7.22. The lowest BCUT2D eigenvalue weighted by Crippen LogP contribution is -2.21. The van der Waals surface area contributed by atoms with Crippen LogP contribution in [0.1, 0.15) is 30.9 Å². The summed E-state index contributed by atoms with van der Waals surface area (Å²) in [5.41, 5.74) is 2.75. The highest BCUT2D eigenvalue weighted by Crippen LogP contribution is 2.27. The van der Waals surface area contributed by atoms with Crippen LogP contribution in [-0.4, -0.2) is 12.5 Å². The van der Waals surface area contributed by atoms with Gasteiger partial charge in [0, 0.05) is 11.8 Å². The van der Waals surface area contributed by atoms with Gasteiger partial charge in [0.15, 0.2) is 18.2 Å². The standard InChI is InChI=1S/C18H19F2NO2/c1-11(2)14-6-4-5-12(3)18(14)21-17(22)10-23-13-7-8-15(19)16(20)9-13/h4-9,11H,10H2,1-3H3,(H,21,22). The summed E-state index contributed by atoms with van der Waals surface area (Å²) in [5.74, 6) is -1.96. The average Bonchev–Trinajstić information content (AvgIpc) is 2.50. The Labute approximate surface area is 134 Å². The lowest BCUT2D eigenvalue weighted by Gasteiger charge is -2.16. The molecule has 0 aliphatic carbocycles. The maximum atomic E-state index is 13.1. The van der Waals surface area contributed by atoms with Crippen LogP contribution in [0.15, 0.2) is 36.4 Å². The number of anilines is 1. The Morgan fingerprint density at radius 1 is 1.17 bits per heavy atom. The predicted octanol–water partition coefficient (Wildman–Crippen LogP) is 4.41. The highest BCUT2D eigenvalue weighted by Gasteiger charge is 2.13. The lowest BCUT2D eigenvalue weighted by molar-refractivity contribution is -0.118. The third-order valence-corrected chi connectivity index (χ3v) is 3.45. The number of ether oxygens (including phenoxy) is 1. The van der Waals surface area contributed by atoms with Crippen molar-refractivity contribution in [2.24, 2.45) is 0 Å². The van der Waals surface area contributed by atoms with Crippen molar-refractivity contribution in [1.29, 1.82) is 0 Å². The van der Waals surface area contributed by atoms with Crippen LogP contribution >= 0.6 is 0 Å². The number of rotatable bonds is 5. The van der Waals surface area contributed by atoms with Gasteiger partial charge in [0.05, 0.1) is 0 Å². The number of amides is 1. The molecule has 2 aromatic carbocycles. The van der Waals surface area contributed by atoms with Crippen LogP contribution < -0.4 is 10.1 Å². The summed E-state index contributed by atoms with van der Waals surface area (Å²) in [4.78, 5) is 12.1. The Bertz CT molecular complexity index is 714. The van der Waals surface area contributed by atoms with Crippen molar-refractivity contribution in [3.8, 4) is 5.75 Å². The number of para-hydroxylation sites is 1. The minimum absolute atomic E-state index is 0.105. The smallest absolute Gasteiger partial charge is 0.262 e. The minimum Gasteiger partial charge on any atom is -0.484 e. The fraction of sp³-hybridized carbons (Fsp3) is 0.278. The van der Waals surface area contributed by atoms with Crippen molar-refractivity contribution >= 4 is 11.6 Å². The van der Waals surface area contributed by atoms with Gasteiger partial charge < -0.3 is 10.1 Å². The molecule has 0 radical (unpaired) electrons. The molecule has 2 rings (SSSR count). The quantitative estimate of drug-likeness (QED) is 0.886. The van der Waals surface area contributed by atoms with Gasteiger partial charge in [-0.3, -0.25) is 4.79 Å². The van der Waals surface area contributed by atoms with Crippen LogP contribution in [0.4, 0.5) is 14.5 Å². The maximum absolute atomic E-state index is 13.1. The number of halogens is 2. The topological polar surface area (TPSA) is 38.3 Å². The molecule has 0 aromatic heterocycles. The Morgan fingerprint density at radius 2 is 1.91 bits per heavy atom. The third kappa shape index (κ3) is 4.28. The van der Waals surface area contributed by atoms with Crippen molar-refractivity contribution < 1.29 is 18.3 Å². The minimum atomic E-state index is -1.01. The Kier molecular flexibility index (Phi) is 5.32. The molecule has 3 nitrogen and oxygen atoms in total. The Hall–Kier alpha value is -2.43. The first kappa shape index (κ1) is 16.9. The first-order chi connectivity index (χ1) is 10.9. The van der Waals surface area contributed by atoms with E-state index in [4.69, 9.17) is 4.74 Å². The van der Waals surface area contributed by atoms with Gasteiger partial charge in [0.25, 0.3) is 5.91 Å². The zero-order valence-corrected chi connectivity index (χ0v) is 13.3. The van der Waals surface area contributed by atoms with E-state index in [1.165, 1.54) is 6.07 Å². The normalized spacial score (nSPS) is 10.7. The summed E-state index contributed by atoms with van der Waals surface area (Å²) in [7, 11) is 0. The monoisotopic (exact) mass is 319 g/mol.